The van der Waals surface area contributed by atoms with Gasteiger partial charge >= 0.3 is 0 Å². The Hall–Kier alpha value is -3.19. The second kappa shape index (κ2) is 12.3. The Morgan fingerprint density at radius 1 is 1.09 bits per heavy atom. The van der Waals surface area contributed by atoms with E-state index in [1.807, 2.05) is 30.3 Å². The van der Waals surface area contributed by atoms with Crippen molar-refractivity contribution in [2.45, 2.75) is 52.5 Å². The summed E-state index contributed by atoms with van der Waals surface area (Å²) < 4.78 is 10.8. The van der Waals surface area contributed by atoms with Gasteiger partial charge in [-0.05, 0) is 42.3 Å². The Morgan fingerprint density at radius 2 is 1.82 bits per heavy atom. The number of aromatic nitrogens is 2. The second-order valence-electron chi connectivity index (χ2n) is 8.61. The fraction of sp³-hybridized carbons (Fsp3) is 0.444. The molecule has 0 bridgehead atoms. The quantitative estimate of drug-likeness (QED) is 0.406. The van der Waals surface area contributed by atoms with Gasteiger partial charge < -0.3 is 14.6 Å². The third-order valence-electron chi connectivity index (χ3n) is 6.09. The fourth-order valence-corrected chi connectivity index (χ4v) is 3.98. The number of likely N-dealkylation sites (N-methyl/N-ethyl adjacent to an activating group) is 1. The number of methoxy groups -OCH3 is 1. The van der Waals surface area contributed by atoms with E-state index >= 15 is 0 Å². The summed E-state index contributed by atoms with van der Waals surface area (Å²) in [6.45, 7) is 10.9. The van der Waals surface area contributed by atoms with Gasteiger partial charge in [-0.3, -0.25) is 9.69 Å². The lowest BCUT2D eigenvalue weighted by Gasteiger charge is -2.30. The van der Waals surface area contributed by atoms with Crippen molar-refractivity contribution < 1.29 is 14.1 Å². The fourth-order valence-electron chi connectivity index (χ4n) is 3.98. The predicted molar refractivity (Wildman–Crippen MR) is 134 cm³/mol. The number of ether oxygens (including phenoxy) is 1. The highest BCUT2D eigenvalue weighted by molar-refractivity contribution is 5.76. The van der Waals surface area contributed by atoms with E-state index in [2.05, 4.69) is 66.3 Å². The maximum absolute atomic E-state index is 12.6. The zero-order valence-corrected chi connectivity index (χ0v) is 20.9. The van der Waals surface area contributed by atoms with Gasteiger partial charge in [0.25, 0.3) is 0 Å². The van der Waals surface area contributed by atoms with Gasteiger partial charge in [-0.2, -0.15) is 4.98 Å². The van der Waals surface area contributed by atoms with Crippen LogP contribution in [0.25, 0.3) is 11.4 Å². The van der Waals surface area contributed by atoms with Crippen LogP contribution in [0, 0.1) is 0 Å². The van der Waals surface area contributed by atoms with Crippen LogP contribution in [0.1, 0.15) is 63.1 Å². The molecule has 3 rings (SSSR count). The smallest absolute Gasteiger partial charge is 0.227 e. The lowest BCUT2D eigenvalue weighted by molar-refractivity contribution is -0.121. The molecule has 7 heteroatoms. The van der Waals surface area contributed by atoms with Crippen LogP contribution in [-0.4, -0.2) is 47.7 Å². The van der Waals surface area contributed by atoms with Crippen molar-refractivity contribution in [2.24, 2.45) is 0 Å². The van der Waals surface area contributed by atoms with Gasteiger partial charge in [0.15, 0.2) is 0 Å². The summed E-state index contributed by atoms with van der Waals surface area (Å²) in [5.74, 6) is 2.25. The van der Waals surface area contributed by atoms with Crippen LogP contribution >= 0.6 is 0 Å². The van der Waals surface area contributed by atoms with Crippen molar-refractivity contribution >= 4 is 5.91 Å². The number of benzene rings is 2. The van der Waals surface area contributed by atoms with Gasteiger partial charge in [-0.15, -0.1) is 0 Å². The van der Waals surface area contributed by atoms with Crippen molar-refractivity contribution in [3.63, 3.8) is 0 Å². The molecule has 1 atom stereocenters. The van der Waals surface area contributed by atoms with Crippen LogP contribution in [0.5, 0.6) is 5.75 Å². The molecule has 0 aliphatic heterocycles. The molecule has 0 aliphatic rings. The number of carbonyl (C=O) groups is 1. The van der Waals surface area contributed by atoms with Crippen molar-refractivity contribution in [3.05, 3.63) is 65.5 Å². The van der Waals surface area contributed by atoms with Crippen LogP contribution in [-0.2, 0) is 11.2 Å². The van der Waals surface area contributed by atoms with E-state index < -0.39 is 0 Å². The van der Waals surface area contributed by atoms with Gasteiger partial charge in [0.2, 0.25) is 17.6 Å². The molecule has 0 saturated carbocycles. The first-order valence-electron chi connectivity index (χ1n) is 12.0. The zero-order chi connectivity index (χ0) is 24.5. The average Bonchev–Trinajstić information content (AvgIpc) is 3.34. The van der Waals surface area contributed by atoms with Crippen molar-refractivity contribution in [3.8, 4) is 17.1 Å². The van der Waals surface area contributed by atoms with E-state index in [9.17, 15) is 4.79 Å². The van der Waals surface area contributed by atoms with E-state index in [1.165, 1.54) is 5.56 Å². The Kier molecular flexibility index (Phi) is 9.22. The van der Waals surface area contributed by atoms with Crippen LogP contribution in [0.4, 0.5) is 0 Å². The topological polar surface area (TPSA) is 80.5 Å². The standard InChI is InChI=1S/C27H36N4O3/c1-6-31(7-2)24(22-9-8-10-23(17-22)33-5)18-28-25(32)15-16-26-29-27(30-34-26)21-13-11-20(12-14-21)19(3)4/h8-14,17,19,24H,6-7,15-16,18H2,1-5H3,(H,28,32). The van der Waals surface area contributed by atoms with Crippen LogP contribution < -0.4 is 10.1 Å². The van der Waals surface area contributed by atoms with Crippen molar-refractivity contribution in [2.75, 3.05) is 26.7 Å². The molecule has 1 unspecified atom stereocenters. The van der Waals surface area contributed by atoms with Gasteiger partial charge in [-0.1, -0.05) is 69.2 Å². The van der Waals surface area contributed by atoms with Gasteiger partial charge in [0.1, 0.15) is 5.75 Å². The highest BCUT2D eigenvalue weighted by Crippen LogP contribution is 2.24. The van der Waals surface area contributed by atoms with Crippen LogP contribution in [0.2, 0.25) is 0 Å². The lowest BCUT2D eigenvalue weighted by atomic mass is 10.0. The summed E-state index contributed by atoms with van der Waals surface area (Å²) in [6.07, 6.45) is 0.689. The van der Waals surface area contributed by atoms with Crippen LogP contribution in [0.3, 0.4) is 0 Å². The Bertz CT molecular complexity index is 1040. The highest BCUT2D eigenvalue weighted by atomic mass is 16.5. The molecule has 0 radical (unpaired) electrons. The Labute approximate surface area is 202 Å². The van der Waals surface area contributed by atoms with E-state index in [0.29, 0.717) is 30.6 Å². The maximum atomic E-state index is 12.6. The maximum Gasteiger partial charge on any atom is 0.227 e. The number of hydrogen-bond donors (Lipinski definition) is 1. The van der Waals surface area contributed by atoms with Gasteiger partial charge in [0.05, 0.1) is 13.2 Å². The predicted octanol–water partition coefficient (Wildman–Crippen LogP) is 5.00. The monoisotopic (exact) mass is 464 g/mol. The van der Waals surface area contributed by atoms with E-state index in [4.69, 9.17) is 9.26 Å². The molecule has 1 amide bonds. The summed E-state index contributed by atoms with van der Waals surface area (Å²) in [7, 11) is 1.66. The third-order valence-corrected chi connectivity index (χ3v) is 6.09. The molecule has 1 aromatic heterocycles. The summed E-state index contributed by atoms with van der Waals surface area (Å²) >= 11 is 0. The summed E-state index contributed by atoms with van der Waals surface area (Å²) in [4.78, 5) is 19.4. The number of nitrogens with zero attached hydrogens (tertiary/aromatic N) is 3. The molecule has 3 aromatic rings. The first-order chi connectivity index (χ1) is 16.4. The molecule has 0 saturated heterocycles. The Balaban J connectivity index is 1.57. The molecule has 182 valence electrons. The summed E-state index contributed by atoms with van der Waals surface area (Å²) in [5.41, 5.74) is 3.29. The van der Waals surface area contributed by atoms with E-state index in [-0.39, 0.29) is 18.4 Å². The number of nitrogens with one attached hydrogen (secondary N) is 1. The minimum atomic E-state index is -0.0407. The van der Waals surface area contributed by atoms with E-state index in [1.54, 1.807) is 7.11 Å². The molecule has 1 N–H and O–H groups in total. The normalized spacial score (nSPS) is 12.2. The minimum Gasteiger partial charge on any atom is -0.497 e. The molecule has 34 heavy (non-hydrogen) atoms. The summed E-state index contributed by atoms with van der Waals surface area (Å²) in [5, 5.41) is 7.16. The molecular weight excluding hydrogens is 428 g/mol. The molecular formula is C27H36N4O3. The van der Waals surface area contributed by atoms with Gasteiger partial charge in [0, 0.05) is 24.9 Å². The molecule has 0 aliphatic carbocycles. The number of hydrogen-bond acceptors (Lipinski definition) is 6. The molecule has 1 heterocycles. The number of rotatable bonds is 12. The molecule has 7 nitrogen and oxygen atoms in total. The van der Waals surface area contributed by atoms with E-state index in [0.717, 1.165) is 30.0 Å². The average molecular weight is 465 g/mol. The number of carbonyl (C=O) groups excluding carboxylic acids is 1. The van der Waals surface area contributed by atoms with Gasteiger partial charge in [-0.25, -0.2) is 0 Å². The zero-order valence-electron chi connectivity index (χ0n) is 20.9. The first-order valence-corrected chi connectivity index (χ1v) is 12.0. The molecule has 0 spiro atoms. The van der Waals surface area contributed by atoms with Crippen molar-refractivity contribution in [1.82, 2.24) is 20.4 Å². The van der Waals surface area contributed by atoms with Crippen molar-refractivity contribution in [1.29, 1.82) is 0 Å². The largest absolute Gasteiger partial charge is 0.497 e. The SMILES string of the molecule is CCN(CC)C(CNC(=O)CCc1nc(-c2ccc(C(C)C)cc2)no1)c1cccc(OC)c1. The van der Waals surface area contributed by atoms with Crippen LogP contribution in [0.15, 0.2) is 53.1 Å². The summed E-state index contributed by atoms with van der Waals surface area (Å²) in [6, 6.07) is 16.3. The number of aryl methyl sites for hydroxylation is 1. The Morgan fingerprint density at radius 3 is 2.47 bits per heavy atom. The lowest BCUT2D eigenvalue weighted by Crippen LogP contribution is -2.38. The highest BCUT2D eigenvalue weighted by Gasteiger charge is 2.20. The molecule has 2 aromatic carbocycles. The molecule has 0 fully saturated rings. The first kappa shape index (κ1) is 25.4. The minimum absolute atomic E-state index is 0.0407. The number of amides is 1. The third kappa shape index (κ3) is 6.67. The second-order valence-corrected chi connectivity index (χ2v) is 8.61.